The summed E-state index contributed by atoms with van der Waals surface area (Å²) in [5.74, 6) is 0. The van der Waals surface area contributed by atoms with Gasteiger partial charge in [-0.2, -0.15) is 0 Å². The Morgan fingerprint density at radius 2 is 2.17 bits per heavy atom. The Morgan fingerprint density at radius 3 is 2.58 bits per heavy atom. The highest BCUT2D eigenvalue weighted by molar-refractivity contribution is 5.56. The van der Waals surface area contributed by atoms with Crippen LogP contribution in [0, 0.1) is 0 Å². The van der Waals surface area contributed by atoms with Crippen molar-refractivity contribution in [2.75, 3.05) is 13.2 Å². The lowest BCUT2D eigenvalue weighted by Crippen LogP contribution is -2.21. The molecule has 0 aliphatic rings. The van der Waals surface area contributed by atoms with Crippen LogP contribution in [0.3, 0.4) is 0 Å². The zero-order valence-corrected chi connectivity index (χ0v) is 7.58. The van der Waals surface area contributed by atoms with Crippen LogP contribution in [0.25, 0.3) is 0 Å². The molecule has 0 aromatic carbocycles. The molecule has 0 saturated heterocycles. The Hall–Kier alpha value is -0.770. The molecule has 0 heterocycles. The van der Waals surface area contributed by atoms with Crippen molar-refractivity contribution < 1.29 is 19.4 Å². The van der Waals surface area contributed by atoms with Crippen molar-refractivity contribution in [1.29, 1.82) is 0 Å². The minimum atomic E-state index is -1.24. The quantitative estimate of drug-likeness (QED) is 0.628. The van der Waals surface area contributed by atoms with Gasteiger partial charge in [-0.3, -0.25) is 0 Å². The van der Waals surface area contributed by atoms with Crippen molar-refractivity contribution in [3.63, 3.8) is 0 Å². The summed E-state index contributed by atoms with van der Waals surface area (Å²) in [5, 5.41) is 8.22. The van der Waals surface area contributed by atoms with Crippen molar-refractivity contribution in [2.24, 2.45) is 0 Å². The first-order chi connectivity index (χ1) is 5.70. The van der Waals surface area contributed by atoms with Gasteiger partial charge in [0.25, 0.3) is 0 Å². The summed E-state index contributed by atoms with van der Waals surface area (Å²) in [4.78, 5) is 10.0. The van der Waals surface area contributed by atoms with Gasteiger partial charge in [-0.1, -0.05) is 13.3 Å². The molecule has 72 valence electrons. The van der Waals surface area contributed by atoms with Crippen LogP contribution in [0.1, 0.15) is 26.7 Å². The van der Waals surface area contributed by atoms with Crippen molar-refractivity contribution in [3.05, 3.63) is 0 Å². The van der Waals surface area contributed by atoms with Crippen LogP contribution in [-0.2, 0) is 9.47 Å². The monoisotopic (exact) mass is 176 g/mol. The number of hydrogen-bond donors (Lipinski definition) is 1. The lowest BCUT2D eigenvalue weighted by atomic mass is 10.2. The molecule has 0 aliphatic carbocycles. The Kier molecular flexibility index (Phi) is 6.47. The van der Waals surface area contributed by atoms with Crippen LogP contribution >= 0.6 is 0 Å². The fraction of sp³-hybridized carbons (Fsp3) is 0.875. The molecule has 1 N–H and O–H groups in total. The molecule has 0 aliphatic heterocycles. The Balaban J connectivity index is 3.54. The average Bonchev–Trinajstić information content (AvgIpc) is 2.01. The zero-order chi connectivity index (χ0) is 9.40. The molecular formula is C8H16O4. The highest BCUT2D eigenvalue weighted by Crippen LogP contribution is 2.02. The lowest BCUT2D eigenvalue weighted by Gasteiger charge is -2.14. The summed E-state index contributed by atoms with van der Waals surface area (Å²) in [6.07, 6.45) is 0.473. The van der Waals surface area contributed by atoms with Gasteiger partial charge in [0.05, 0.1) is 6.10 Å². The molecule has 12 heavy (non-hydrogen) atoms. The topological polar surface area (TPSA) is 55.8 Å². The van der Waals surface area contributed by atoms with Gasteiger partial charge in [0.15, 0.2) is 0 Å². The van der Waals surface area contributed by atoms with Crippen molar-refractivity contribution >= 4 is 6.16 Å². The molecular weight excluding hydrogens is 160 g/mol. The molecule has 1 unspecified atom stereocenters. The minimum absolute atomic E-state index is 0.0869. The third kappa shape index (κ3) is 5.97. The van der Waals surface area contributed by atoms with Crippen LogP contribution in [0.5, 0.6) is 0 Å². The SMILES string of the molecule is CCCC(COC(=O)O)OCC. The van der Waals surface area contributed by atoms with E-state index in [1.807, 2.05) is 13.8 Å². The summed E-state index contributed by atoms with van der Waals surface area (Å²) in [6.45, 7) is 4.63. The number of carboxylic acid groups (broad SMARTS) is 1. The maximum Gasteiger partial charge on any atom is 0.505 e. The van der Waals surface area contributed by atoms with Crippen molar-refractivity contribution in [1.82, 2.24) is 0 Å². The standard InChI is InChI=1S/C8H16O4/c1-3-5-7(11-4-2)6-12-8(9)10/h7H,3-6H2,1-2H3,(H,9,10). The molecule has 1 atom stereocenters. The third-order valence-electron chi connectivity index (χ3n) is 1.41. The van der Waals surface area contributed by atoms with E-state index in [1.54, 1.807) is 0 Å². The van der Waals surface area contributed by atoms with E-state index in [0.717, 1.165) is 12.8 Å². The average molecular weight is 176 g/mol. The molecule has 0 radical (unpaired) electrons. The third-order valence-corrected chi connectivity index (χ3v) is 1.41. The first kappa shape index (κ1) is 11.2. The summed E-state index contributed by atoms with van der Waals surface area (Å²) in [5.41, 5.74) is 0. The van der Waals surface area contributed by atoms with E-state index < -0.39 is 6.16 Å². The maximum absolute atomic E-state index is 10.0. The second-order valence-corrected chi connectivity index (χ2v) is 2.44. The predicted molar refractivity (Wildman–Crippen MR) is 44.3 cm³/mol. The van der Waals surface area contributed by atoms with E-state index in [4.69, 9.17) is 9.84 Å². The number of ether oxygens (including phenoxy) is 2. The Labute approximate surface area is 72.5 Å². The van der Waals surface area contributed by atoms with Crippen LogP contribution in [-0.4, -0.2) is 30.6 Å². The van der Waals surface area contributed by atoms with Gasteiger partial charge in [-0.25, -0.2) is 4.79 Å². The van der Waals surface area contributed by atoms with Gasteiger partial charge in [0, 0.05) is 6.61 Å². The van der Waals surface area contributed by atoms with E-state index >= 15 is 0 Å². The second-order valence-electron chi connectivity index (χ2n) is 2.44. The van der Waals surface area contributed by atoms with E-state index in [0.29, 0.717) is 6.61 Å². The van der Waals surface area contributed by atoms with Crippen LogP contribution < -0.4 is 0 Å². The first-order valence-electron chi connectivity index (χ1n) is 4.18. The summed E-state index contributed by atoms with van der Waals surface area (Å²) < 4.78 is 9.65. The van der Waals surface area contributed by atoms with E-state index in [-0.39, 0.29) is 12.7 Å². The first-order valence-corrected chi connectivity index (χ1v) is 4.18. The fourth-order valence-electron chi connectivity index (χ4n) is 0.937. The van der Waals surface area contributed by atoms with Gasteiger partial charge < -0.3 is 14.6 Å². The number of carbonyl (C=O) groups is 1. The van der Waals surface area contributed by atoms with E-state index in [1.165, 1.54) is 0 Å². The van der Waals surface area contributed by atoms with E-state index in [2.05, 4.69) is 4.74 Å². The predicted octanol–water partition coefficient (Wildman–Crippen LogP) is 1.89. The second kappa shape index (κ2) is 6.91. The molecule has 0 bridgehead atoms. The van der Waals surface area contributed by atoms with Gasteiger partial charge in [-0.15, -0.1) is 0 Å². The number of rotatable bonds is 6. The minimum Gasteiger partial charge on any atom is -0.450 e. The van der Waals surface area contributed by atoms with Crippen molar-refractivity contribution in [3.8, 4) is 0 Å². The summed E-state index contributed by atoms with van der Waals surface area (Å²) >= 11 is 0. The number of hydrogen-bond acceptors (Lipinski definition) is 3. The molecule has 0 aromatic rings. The van der Waals surface area contributed by atoms with Gasteiger partial charge in [-0.05, 0) is 13.3 Å². The molecule has 0 amide bonds. The molecule has 0 spiro atoms. The molecule has 0 rings (SSSR count). The van der Waals surface area contributed by atoms with Crippen molar-refractivity contribution in [2.45, 2.75) is 32.8 Å². The Morgan fingerprint density at radius 1 is 1.50 bits per heavy atom. The van der Waals surface area contributed by atoms with Gasteiger partial charge in [0.1, 0.15) is 6.61 Å². The lowest BCUT2D eigenvalue weighted by molar-refractivity contribution is -0.00628. The largest absolute Gasteiger partial charge is 0.505 e. The van der Waals surface area contributed by atoms with E-state index in [9.17, 15) is 4.79 Å². The molecule has 0 saturated carbocycles. The normalized spacial score (nSPS) is 12.5. The van der Waals surface area contributed by atoms with Crippen LogP contribution in [0.4, 0.5) is 4.79 Å². The Bertz CT molecular complexity index is 118. The highest BCUT2D eigenvalue weighted by Gasteiger charge is 2.09. The smallest absolute Gasteiger partial charge is 0.450 e. The summed E-state index contributed by atoms with van der Waals surface area (Å²) in [7, 11) is 0. The molecule has 0 fully saturated rings. The summed E-state index contributed by atoms with van der Waals surface area (Å²) in [6, 6.07) is 0. The highest BCUT2D eigenvalue weighted by atomic mass is 16.7. The maximum atomic E-state index is 10.0. The van der Waals surface area contributed by atoms with Gasteiger partial charge in [0.2, 0.25) is 0 Å². The molecule has 4 heteroatoms. The van der Waals surface area contributed by atoms with Crippen LogP contribution in [0.15, 0.2) is 0 Å². The fourth-order valence-corrected chi connectivity index (χ4v) is 0.937. The molecule has 4 nitrogen and oxygen atoms in total. The van der Waals surface area contributed by atoms with Crippen LogP contribution in [0.2, 0.25) is 0 Å². The molecule has 0 aromatic heterocycles. The van der Waals surface area contributed by atoms with Gasteiger partial charge >= 0.3 is 6.16 Å². The zero-order valence-electron chi connectivity index (χ0n) is 7.58.